The van der Waals surface area contributed by atoms with E-state index < -0.39 is 0 Å². The summed E-state index contributed by atoms with van der Waals surface area (Å²) in [6.07, 6.45) is 31.6. The average Bonchev–Trinajstić information content (AvgIpc) is 3.13. The topological polar surface area (TPSA) is 47.3 Å². The SMILES string of the molecule is CC1=CCCCC1.CCCCCCCCCCCCCCCCCC.NCC1OCC2NCC21. The molecule has 3 atom stereocenters. The summed E-state index contributed by atoms with van der Waals surface area (Å²) in [6.45, 7) is 9.46. The number of ether oxygens (including phenoxy) is 1. The number of nitrogens with two attached hydrogens (primary N) is 1. The van der Waals surface area contributed by atoms with E-state index in [1.54, 1.807) is 5.57 Å². The summed E-state index contributed by atoms with van der Waals surface area (Å²) in [5, 5.41) is 3.29. The van der Waals surface area contributed by atoms with Crippen molar-refractivity contribution in [2.45, 2.75) is 161 Å². The third-order valence-electron chi connectivity index (χ3n) is 7.81. The van der Waals surface area contributed by atoms with Crippen molar-refractivity contribution in [1.29, 1.82) is 0 Å². The normalized spacial score (nSPS) is 23.1. The zero-order valence-corrected chi connectivity index (χ0v) is 23.6. The fourth-order valence-corrected chi connectivity index (χ4v) is 5.21. The molecule has 0 aromatic rings. The van der Waals surface area contributed by atoms with Crippen molar-refractivity contribution < 1.29 is 4.74 Å². The van der Waals surface area contributed by atoms with Crippen LogP contribution in [-0.4, -0.2) is 31.8 Å². The molecular formula is C31H62N2O. The highest BCUT2D eigenvalue weighted by Gasteiger charge is 2.42. The van der Waals surface area contributed by atoms with Crippen LogP contribution in [-0.2, 0) is 4.74 Å². The number of fused-ring (bicyclic) bond motifs is 1. The minimum Gasteiger partial charge on any atom is -0.375 e. The lowest BCUT2D eigenvalue weighted by Gasteiger charge is -2.32. The van der Waals surface area contributed by atoms with Gasteiger partial charge in [-0.05, 0) is 32.6 Å². The Bertz CT molecular complexity index is 446. The minimum atomic E-state index is 0.344. The Morgan fingerprint density at radius 1 is 0.794 bits per heavy atom. The predicted octanol–water partition coefficient (Wildman–Crippen LogP) is 8.71. The Balaban J connectivity index is 0.000000293. The van der Waals surface area contributed by atoms with Crippen LogP contribution in [0.3, 0.4) is 0 Å². The van der Waals surface area contributed by atoms with Gasteiger partial charge in [0.15, 0.2) is 0 Å². The largest absolute Gasteiger partial charge is 0.375 e. The van der Waals surface area contributed by atoms with Gasteiger partial charge < -0.3 is 15.8 Å². The van der Waals surface area contributed by atoms with Crippen molar-refractivity contribution in [3.63, 3.8) is 0 Å². The molecule has 3 N–H and O–H groups in total. The number of rotatable bonds is 16. The van der Waals surface area contributed by atoms with E-state index >= 15 is 0 Å². The van der Waals surface area contributed by atoms with Gasteiger partial charge in [0.1, 0.15) is 0 Å². The van der Waals surface area contributed by atoms with Crippen LogP contribution in [0.25, 0.3) is 0 Å². The molecule has 0 spiro atoms. The molecule has 3 nitrogen and oxygen atoms in total. The Labute approximate surface area is 214 Å². The first-order chi connectivity index (χ1) is 16.7. The van der Waals surface area contributed by atoms with Gasteiger partial charge in [-0.25, -0.2) is 0 Å². The molecule has 2 heterocycles. The summed E-state index contributed by atoms with van der Waals surface area (Å²) in [6, 6.07) is 0.624. The Hall–Kier alpha value is -0.380. The average molecular weight is 479 g/mol. The summed E-state index contributed by atoms with van der Waals surface area (Å²) in [7, 11) is 0. The second kappa shape index (κ2) is 23.0. The van der Waals surface area contributed by atoms with Crippen LogP contribution >= 0.6 is 0 Å². The molecule has 0 bridgehead atoms. The lowest BCUT2D eigenvalue weighted by atomic mass is 9.90. The lowest BCUT2D eigenvalue weighted by molar-refractivity contribution is 0.0995. The smallest absolute Gasteiger partial charge is 0.0754 e. The summed E-state index contributed by atoms with van der Waals surface area (Å²) in [4.78, 5) is 0. The number of hydrogen-bond acceptors (Lipinski definition) is 3. The van der Waals surface area contributed by atoms with Crippen LogP contribution in [0, 0.1) is 5.92 Å². The molecule has 34 heavy (non-hydrogen) atoms. The molecular weight excluding hydrogens is 416 g/mol. The van der Waals surface area contributed by atoms with E-state index in [1.165, 1.54) is 128 Å². The molecule has 3 heteroatoms. The highest BCUT2D eigenvalue weighted by atomic mass is 16.5. The minimum absolute atomic E-state index is 0.344. The van der Waals surface area contributed by atoms with Crippen molar-refractivity contribution in [2.24, 2.45) is 11.7 Å². The molecule has 3 rings (SSSR count). The molecule has 0 amide bonds. The first kappa shape index (κ1) is 31.6. The molecule has 2 fully saturated rings. The standard InChI is InChI=1S/C18H38.C7H12.C6H12N2O/c1-3-5-7-9-11-13-15-17-18-16-14-12-10-8-6-4-2;1-7-5-3-2-4-6-7;7-1-6-4-2-8-5(4)3-9-6/h3-18H2,1-2H3;5H,2-4,6H2,1H3;4-6,8H,1-3,7H2. The Morgan fingerprint density at radius 3 is 1.53 bits per heavy atom. The van der Waals surface area contributed by atoms with Crippen molar-refractivity contribution in [1.82, 2.24) is 5.32 Å². The molecule has 0 radical (unpaired) electrons. The van der Waals surface area contributed by atoms with Crippen LogP contribution in [0.2, 0.25) is 0 Å². The summed E-state index contributed by atoms with van der Waals surface area (Å²) in [5.74, 6) is 0.718. The second-order valence-corrected chi connectivity index (χ2v) is 11.0. The maximum absolute atomic E-state index is 5.47. The fraction of sp³-hybridized carbons (Fsp3) is 0.935. The van der Waals surface area contributed by atoms with E-state index in [1.807, 2.05) is 0 Å². The summed E-state index contributed by atoms with van der Waals surface area (Å²) < 4.78 is 5.40. The van der Waals surface area contributed by atoms with Gasteiger partial charge in [-0.2, -0.15) is 0 Å². The molecule has 0 aromatic heterocycles. The highest BCUT2D eigenvalue weighted by molar-refractivity contribution is 5.00. The van der Waals surface area contributed by atoms with E-state index in [0.29, 0.717) is 18.7 Å². The molecule has 0 saturated carbocycles. The second-order valence-electron chi connectivity index (χ2n) is 11.0. The quantitative estimate of drug-likeness (QED) is 0.172. The molecule has 202 valence electrons. The van der Waals surface area contributed by atoms with Crippen LogP contribution in [0.1, 0.15) is 149 Å². The van der Waals surface area contributed by atoms with Gasteiger partial charge >= 0.3 is 0 Å². The number of nitrogens with one attached hydrogen (secondary N) is 1. The number of allylic oxidation sites excluding steroid dienone is 2. The lowest BCUT2D eigenvalue weighted by Crippen LogP contribution is -2.54. The van der Waals surface area contributed by atoms with Gasteiger partial charge in [-0.1, -0.05) is 128 Å². The number of hydrogen-bond donors (Lipinski definition) is 2. The van der Waals surface area contributed by atoms with Crippen LogP contribution in [0.5, 0.6) is 0 Å². The van der Waals surface area contributed by atoms with E-state index in [0.717, 1.165) is 19.1 Å². The van der Waals surface area contributed by atoms with Crippen molar-refractivity contribution >= 4 is 0 Å². The molecule has 1 aliphatic carbocycles. The van der Waals surface area contributed by atoms with Crippen LogP contribution in [0.4, 0.5) is 0 Å². The van der Waals surface area contributed by atoms with Gasteiger partial charge in [-0.15, -0.1) is 0 Å². The van der Waals surface area contributed by atoms with Crippen molar-refractivity contribution in [2.75, 3.05) is 19.7 Å². The summed E-state index contributed by atoms with van der Waals surface area (Å²) in [5.41, 5.74) is 7.06. The van der Waals surface area contributed by atoms with E-state index in [2.05, 4.69) is 32.2 Å². The van der Waals surface area contributed by atoms with Crippen molar-refractivity contribution in [3.05, 3.63) is 11.6 Å². The Kier molecular flexibility index (Phi) is 21.5. The first-order valence-corrected chi connectivity index (χ1v) is 15.4. The monoisotopic (exact) mass is 478 g/mol. The predicted molar refractivity (Wildman–Crippen MR) is 152 cm³/mol. The van der Waals surface area contributed by atoms with Gasteiger partial charge in [0.2, 0.25) is 0 Å². The fourth-order valence-electron chi connectivity index (χ4n) is 5.21. The first-order valence-electron chi connectivity index (χ1n) is 15.4. The maximum Gasteiger partial charge on any atom is 0.0754 e. The zero-order chi connectivity index (χ0) is 24.7. The van der Waals surface area contributed by atoms with Gasteiger partial charge in [-0.3, -0.25) is 0 Å². The molecule has 0 aromatic carbocycles. The third-order valence-corrected chi connectivity index (χ3v) is 7.81. The van der Waals surface area contributed by atoms with Gasteiger partial charge in [0.25, 0.3) is 0 Å². The summed E-state index contributed by atoms with van der Waals surface area (Å²) >= 11 is 0. The van der Waals surface area contributed by atoms with E-state index in [4.69, 9.17) is 10.5 Å². The molecule has 2 aliphatic heterocycles. The van der Waals surface area contributed by atoms with E-state index in [9.17, 15) is 0 Å². The molecule has 3 aliphatic rings. The van der Waals surface area contributed by atoms with Crippen LogP contribution < -0.4 is 11.1 Å². The Morgan fingerprint density at radius 2 is 1.29 bits per heavy atom. The van der Waals surface area contributed by atoms with Gasteiger partial charge in [0.05, 0.1) is 12.7 Å². The molecule has 3 unspecified atom stereocenters. The van der Waals surface area contributed by atoms with Crippen molar-refractivity contribution in [3.8, 4) is 0 Å². The third kappa shape index (κ3) is 16.3. The van der Waals surface area contributed by atoms with Crippen LogP contribution in [0.15, 0.2) is 11.6 Å². The van der Waals surface area contributed by atoms with E-state index in [-0.39, 0.29) is 0 Å². The highest BCUT2D eigenvalue weighted by Crippen LogP contribution is 2.26. The number of unbranched alkanes of at least 4 members (excludes halogenated alkanes) is 15. The maximum atomic E-state index is 5.47. The zero-order valence-electron chi connectivity index (χ0n) is 23.6. The van der Waals surface area contributed by atoms with Gasteiger partial charge in [0, 0.05) is 25.0 Å². The molecule has 2 saturated heterocycles.